The molecule has 0 saturated heterocycles. The molecule has 4 aromatic rings. The molecule has 2 heterocycles. The number of carbonyl (C=O) groups is 2. The molecule has 0 aliphatic rings. The Morgan fingerprint density at radius 1 is 1.03 bits per heavy atom. The predicted octanol–water partition coefficient (Wildman–Crippen LogP) is 4.23. The van der Waals surface area contributed by atoms with Crippen LogP contribution in [0.1, 0.15) is 21.6 Å². The largest absolute Gasteiger partial charge is 0.324 e. The number of nitrogens with zero attached hydrogens (tertiary/aromatic N) is 2. The van der Waals surface area contributed by atoms with Crippen LogP contribution >= 0.6 is 11.6 Å². The van der Waals surface area contributed by atoms with Crippen molar-refractivity contribution < 1.29 is 9.59 Å². The van der Waals surface area contributed by atoms with Crippen molar-refractivity contribution in [3.63, 3.8) is 0 Å². The Morgan fingerprint density at radius 3 is 2.55 bits per heavy atom. The summed E-state index contributed by atoms with van der Waals surface area (Å²) in [6.45, 7) is 1.66. The summed E-state index contributed by atoms with van der Waals surface area (Å²) in [6.07, 6.45) is 1.41. The maximum absolute atomic E-state index is 13.0. The number of nitrogens with one attached hydrogen (secondary N) is 1. The smallest absolute Gasteiger partial charge is 0.244 e. The number of pyridine rings is 2. The third kappa shape index (κ3) is 4.39. The number of ketones is 1. The molecule has 0 fully saturated rings. The van der Waals surface area contributed by atoms with Gasteiger partial charge in [0.1, 0.15) is 12.2 Å². The van der Waals surface area contributed by atoms with Gasteiger partial charge in [0.05, 0.1) is 10.9 Å². The van der Waals surface area contributed by atoms with Gasteiger partial charge in [0, 0.05) is 28.2 Å². The van der Waals surface area contributed by atoms with Gasteiger partial charge in [-0.25, -0.2) is 4.98 Å². The molecule has 1 amide bonds. The third-order valence-electron chi connectivity index (χ3n) is 4.76. The summed E-state index contributed by atoms with van der Waals surface area (Å²) >= 11 is 5.98. The molecular weight excluding hydrogens is 414 g/mol. The quantitative estimate of drug-likeness (QED) is 0.479. The van der Waals surface area contributed by atoms with Crippen molar-refractivity contribution in [1.82, 2.24) is 9.55 Å². The zero-order valence-corrected chi connectivity index (χ0v) is 17.4. The fourth-order valence-corrected chi connectivity index (χ4v) is 3.50. The molecule has 1 N–H and O–H groups in total. The number of hydrogen-bond acceptors (Lipinski definition) is 4. The summed E-state index contributed by atoms with van der Waals surface area (Å²) in [5.74, 6) is -0.745. The number of fused-ring (bicyclic) bond motifs is 1. The van der Waals surface area contributed by atoms with Gasteiger partial charge in [0.25, 0.3) is 0 Å². The van der Waals surface area contributed by atoms with Crippen LogP contribution in [0.5, 0.6) is 0 Å². The highest BCUT2D eigenvalue weighted by atomic mass is 35.5. The lowest BCUT2D eigenvalue weighted by atomic mass is 10.0. The summed E-state index contributed by atoms with van der Waals surface area (Å²) in [5.41, 5.74) is 1.55. The van der Waals surface area contributed by atoms with E-state index in [1.165, 1.54) is 10.8 Å². The predicted molar refractivity (Wildman–Crippen MR) is 121 cm³/mol. The van der Waals surface area contributed by atoms with Gasteiger partial charge in [-0.15, -0.1) is 0 Å². The molecule has 0 bridgehead atoms. The number of anilines is 1. The summed E-state index contributed by atoms with van der Waals surface area (Å²) in [6, 6.07) is 18.7. The molecule has 0 aliphatic carbocycles. The first-order valence-corrected chi connectivity index (χ1v) is 9.96. The Labute approximate surface area is 183 Å². The number of aromatic nitrogens is 2. The van der Waals surface area contributed by atoms with Gasteiger partial charge in [-0.3, -0.25) is 14.4 Å². The minimum absolute atomic E-state index is 0.0140. The number of halogens is 1. The molecule has 154 valence electrons. The number of hydrogen-bond donors (Lipinski definition) is 1. The molecule has 0 spiro atoms. The van der Waals surface area contributed by atoms with E-state index in [-0.39, 0.29) is 23.4 Å². The summed E-state index contributed by atoms with van der Waals surface area (Å²) in [4.78, 5) is 43.2. The van der Waals surface area contributed by atoms with E-state index in [0.717, 1.165) is 0 Å². The molecule has 2 aromatic heterocycles. The van der Waals surface area contributed by atoms with E-state index in [9.17, 15) is 14.4 Å². The van der Waals surface area contributed by atoms with Crippen LogP contribution in [0.3, 0.4) is 0 Å². The highest BCUT2D eigenvalue weighted by Crippen LogP contribution is 2.17. The van der Waals surface area contributed by atoms with Crippen molar-refractivity contribution >= 4 is 40.0 Å². The standard InChI is InChI=1S/C24H18ClN3O3/c1-15-10-11-19-23(31)20(22(30)16-6-3-2-4-7-16)13-28(24(19)26-15)14-21(29)27-18-9-5-8-17(25)12-18/h2-13H,14H2,1H3,(H,27,29). The zero-order chi connectivity index (χ0) is 22.0. The van der Waals surface area contributed by atoms with Gasteiger partial charge >= 0.3 is 0 Å². The van der Waals surface area contributed by atoms with Gasteiger partial charge < -0.3 is 9.88 Å². The SMILES string of the molecule is Cc1ccc2c(=O)c(C(=O)c3ccccc3)cn(CC(=O)Nc3cccc(Cl)c3)c2n1. The van der Waals surface area contributed by atoms with Gasteiger partial charge in [-0.1, -0.05) is 48.0 Å². The van der Waals surface area contributed by atoms with Crippen LogP contribution in [0.4, 0.5) is 5.69 Å². The highest BCUT2D eigenvalue weighted by molar-refractivity contribution is 6.30. The Balaban J connectivity index is 1.77. The van der Waals surface area contributed by atoms with Crippen LogP contribution in [0, 0.1) is 6.92 Å². The second kappa shape index (κ2) is 8.53. The van der Waals surface area contributed by atoms with E-state index < -0.39 is 11.2 Å². The monoisotopic (exact) mass is 431 g/mol. The first kappa shape index (κ1) is 20.5. The van der Waals surface area contributed by atoms with Crippen molar-refractivity contribution in [2.45, 2.75) is 13.5 Å². The van der Waals surface area contributed by atoms with Gasteiger partial charge in [-0.2, -0.15) is 0 Å². The average Bonchev–Trinajstić information content (AvgIpc) is 2.75. The van der Waals surface area contributed by atoms with Gasteiger partial charge in [0.2, 0.25) is 11.3 Å². The van der Waals surface area contributed by atoms with Gasteiger partial charge in [0.15, 0.2) is 5.78 Å². The molecule has 0 saturated carbocycles. The van der Waals surface area contributed by atoms with Crippen molar-refractivity contribution in [2.75, 3.05) is 5.32 Å². The number of aryl methyl sites for hydroxylation is 1. The highest BCUT2D eigenvalue weighted by Gasteiger charge is 2.19. The topological polar surface area (TPSA) is 81.1 Å². The molecule has 4 rings (SSSR count). The Hall–Kier alpha value is -3.77. The summed E-state index contributed by atoms with van der Waals surface area (Å²) in [7, 11) is 0. The molecule has 0 unspecified atom stereocenters. The number of rotatable bonds is 5. The normalized spacial score (nSPS) is 10.8. The molecule has 31 heavy (non-hydrogen) atoms. The lowest BCUT2D eigenvalue weighted by Gasteiger charge is -2.13. The minimum atomic E-state index is -0.414. The van der Waals surface area contributed by atoms with E-state index in [0.29, 0.717) is 27.6 Å². The zero-order valence-electron chi connectivity index (χ0n) is 16.6. The number of benzene rings is 2. The summed E-state index contributed by atoms with van der Waals surface area (Å²) in [5, 5.41) is 3.55. The Bertz CT molecular complexity index is 1360. The van der Waals surface area contributed by atoms with Crippen LogP contribution in [-0.4, -0.2) is 21.2 Å². The first-order valence-electron chi connectivity index (χ1n) is 9.58. The van der Waals surface area contributed by atoms with Gasteiger partial charge in [-0.05, 0) is 37.3 Å². The molecule has 0 atom stereocenters. The Kier molecular flexibility index (Phi) is 5.64. The molecule has 6 nitrogen and oxygen atoms in total. The lowest BCUT2D eigenvalue weighted by Crippen LogP contribution is -2.25. The van der Waals surface area contributed by atoms with E-state index in [4.69, 9.17) is 11.6 Å². The van der Waals surface area contributed by atoms with Crippen molar-refractivity contribution in [3.8, 4) is 0 Å². The fraction of sp³-hybridized carbons (Fsp3) is 0.0833. The molecular formula is C24H18ClN3O3. The van der Waals surface area contributed by atoms with E-state index in [1.54, 1.807) is 73.7 Å². The number of carbonyl (C=O) groups excluding carboxylic acids is 2. The molecule has 7 heteroatoms. The van der Waals surface area contributed by atoms with Crippen LogP contribution in [-0.2, 0) is 11.3 Å². The Morgan fingerprint density at radius 2 is 1.81 bits per heavy atom. The second-order valence-corrected chi connectivity index (χ2v) is 7.51. The van der Waals surface area contributed by atoms with Crippen molar-refractivity contribution in [3.05, 3.63) is 105 Å². The summed E-state index contributed by atoms with van der Waals surface area (Å²) < 4.78 is 1.53. The van der Waals surface area contributed by atoms with Crippen LogP contribution in [0.2, 0.25) is 5.02 Å². The lowest BCUT2D eigenvalue weighted by molar-refractivity contribution is -0.116. The first-order chi connectivity index (χ1) is 14.9. The second-order valence-electron chi connectivity index (χ2n) is 7.08. The average molecular weight is 432 g/mol. The third-order valence-corrected chi connectivity index (χ3v) is 5.00. The maximum atomic E-state index is 13.0. The molecule has 0 aliphatic heterocycles. The van der Waals surface area contributed by atoms with Crippen molar-refractivity contribution in [2.24, 2.45) is 0 Å². The maximum Gasteiger partial charge on any atom is 0.244 e. The van der Waals surface area contributed by atoms with E-state index in [1.807, 2.05) is 0 Å². The van der Waals surface area contributed by atoms with E-state index >= 15 is 0 Å². The minimum Gasteiger partial charge on any atom is -0.324 e. The number of amides is 1. The molecule has 2 aromatic carbocycles. The van der Waals surface area contributed by atoms with Crippen LogP contribution in [0.25, 0.3) is 11.0 Å². The van der Waals surface area contributed by atoms with Crippen LogP contribution < -0.4 is 10.7 Å². The fourth-order valence-electron chi connectivity index (χ4n) is 3.31. The van der Waals surface area contributed by atoms with Crippen LogP contribution in [0.15, 0.2) is 77.7 Å². The van der Waals surface area contributed by atoms with E-state index in [2.05, 4.69) is 10.3 Å². The van der Waals surface area contributed by atoms with Crippen molar-refractivity contribution in [1.29, 1.82) is 0 Å². The molecule has 0 radical (unpaired) electrons.